The number of hydrogen-bond acceptors (Lipinski definition) is 3. The molecule has 0 amide bonds. The van der Waals surface area contributed by atoms with E-state index in [4.69, 9.17) is 4.74 Å². The highest BCUT2D eigenvalue weighted by Crippen LogP contribution is 2.55. The van der Waals surface area contributed by atoms with Crippen molar-refractivity contribution in [3.05, 3.63) is 94.0 Å². The molecule has 0 radical (unpaired) electrons. The molecule has 3 heteroatoms. The van der Waals surface area contributed by atoms with E-state index in [1.54, 1.807) is 0 Å². The van der Waals surface area contributed by atoms with Crippen LogP contribution in [0.4, 0.5) is 0 Å². The van der Waals surface area contributed by atoms with E-state index in [1.165, 1.54) is 0 Å². The third kappa shape index (κ3) is 4.87. The van der Waals surface area contributed by atoms with Crippen molar-refractivity contribution in [1.29, 1.82) is 0 Å². The number of phenolic OH excluding ortho intramolecular Hbond substituents is 2. The summed E-state index contributed by atoms with van der Waals surface area (Å²) in [5.74, 6) is 3.28. The van der Waals surface area contributed by atoms with Crippen LogP contribution in [0.2, 0.25) is 0 Å². The topological polar surface area (TPSA) is 49.7 Å². The van der Waals surface area contributed by atoms with Crippen molar-refractivity contribution in [2.24, 2.45) is 0 Å². The summed E-state index contributed by atoms with van der Waals surface area (Å²) < 4.78 is 7.02. The fourth-order valence-electron chi connectivity index (χ4n) is 6.41. The quantitative estimate of drug-likeness (QED) is 0.246. The van der Waals surface area contributed by atoms with E-state index in [0.717, 1.165) is 67.1 Å². The van der Waals surface area contributed by atoms with Gasteiger partial charge >= 0.3 is 0 Å². The maximum Gasteiger partial charge on any atom is 0.139 e. The molecule has 0 fully saturated rings. The molecular formula is C39H46O3. The monoisotopic (exact) mass is 562 g/mol. The van der Waals surface area contributed by atoms with Gasteiger partial charge in [-0.15, -0.1) is 0 Å². The van der Waals surface area contributed by atoms with Crippen molar-refractivity contribution in [1.82, 2.24) is 0 Å². The normalized spacial score (nSPS) is 14.0. The van der Waals surface area contributed by atoms with Gasteiger partial charge in [-0.25, -0.2) is 0 Å². The second-order valence-corrected chi connectivity index (χ2v) is 13.7. The molecule has 1 aliphatic heterocycles. The summed E-state index contributed by atoms with van der Waals surface area (Å²) in [5, 5.41) is 22.2. The summed E-state index contributed by atoms with van der Waals surface area (Å²) >= 11 is 0. The van der Waals surface area contributed by atoms with Crippen LogP contribution in [0.5, 0.6) is 23.0 Å². The van der Waals surface area contributed by atoms with Crippen LogP contribution in [-0.2, 0) is 5.41 Å². The van der Waals surface area contributed by atoms with Gasteiger partial charge in [-0.1, -0.05) is 106 Å². The van der Waals surface area contributed by atoms with E-state index in [-0.39, 0.29) is 29.1 Å². The van der Waals surface area contributed by atoms with Crippen LogP contribution in [0.1, 0.15) is 126 Å². The Kier molecular flexibility index (Phi) is 7.68. The Morgan fingerprint density at radius 1 is 0.524 bits per heavy atom. The maximum absolute atomic E-state index is 11.1. The number of rotatable bonds is 6. The number of aromatic hydroxyl groups is 2. The molecule has 5 rings (SSSR count). The maximum atomic E-state index is 11.1. The average molecular weight is 563 g/mol. The minimum atomic E-state index is -0.299. The molecule has 0 aromatic heterocycles. The second kappa shape index (κ2) is 10.8. The number of para-hydroxylation sites is 2. The molecule has 4 aromatic rings. The van der Waals surface area contributed by atoms with Gasteiger partial charge in [0.1, 0.15) is 23.0 Å². The molecule has 0 unspecified atom stereocenters. The van der Waals surface area contributed by atoms with Gasteiger partial charge in [0.15, 0.2) is 0 Å². The number of hydrogen-bond donors (Lipinski definition) is 2. The lowest BCUT2D eigenvalue weighted by molar-refractivity contribution is 0.421. The lowest BCUT2D eigenvalue weighted by Gasteiger charge is -2.37. The number of phenols is 2. The van der Waals surface area contributed by atoms with Crippen molar-refractivity contribution >= 4 is 0 Å². The molecular weight excluding hydrogens is 516 g/mol. The molecule has 0 spiro atoms. The van der Waals surface area contributed by atoms with E-state index in [2.05, 4.69) is 130 Å². The first kappa shape index (κ1) is 29.8. The van der Waals surface area contributed by atoms with Crippen molar-refractivity contribution < 1.29 is 14.9 Å². The predicted molar refractivity (Wildman–Crippen MR) is 176 cm³/mol. The molecule has 42 heavy (non-hydrogen) atoms. The third-order valence-corrected chi connectivity index (χ3v) is 9.03. The van der Waals surface area contributed by atoms with Gasteiger partial charge in [0.25, 0.3) is 0 Å². The van der Waals surface area contributed by atoms with Gasteiger partial charge in [-0.2, -0.15) is 0 Å². The molecule has 0 saturated carbocycles. The minimum absolute atomic E-state index is 0.187. The van der Waals surface area contributed by atoms with Gasteiger partial charge in [-0.3, -0.25) is 0 Å². The Balaban J connectivity index is 1.76. The molecule has 220 valence electrons. The highest BCUT2D eigenvalue weighted by atomic mass is 16.5. The van der Waals surface area contributed by atoms with Crippen molar-refractivity contribution in [2.45, 2.75) is 98.3 Å². The molecule has 0 saturated heterocycles. The molecule has 1 aliphatic rings. The lowest BCUT2D eigenvalue weighted by atomic mass is 9.73. The zero-order valence-electron chi connectivity index (χ0n) is 26.9. The Labute approximate surface area is 252 Å². The SMILES string of the molecule is CC(C)c1cc(-c2cccc3c2Oc2c(-c4cc(C(C)C)c(O)c(C(C)C)c4)cccc2C3(C)C)cc(C(C)C)c1O. The molecule has 0 atom stereocenters. The Hall–Kier alpha value is -3.72. The summed E-state index contributed by atoms with van der Waals surface area (Å²) in [6.45, 7) is 21.5. The van der Waals surface area contributed by atoms with E-state index in [1.807, 2.05) is 0 Å². The van der Waals surface area contributed by atoms with Crippen molar-refractivity contribution in [3.8, 4) is 45.3 Å². The van der Waals surface area contributed by atoms with Crippen LogP contribution < -0.4 is 4.74 Å². The fourth-order valence-corrected chi connectivity index (χ4v) is 6.41. The van der Waals surface area contributed by atoms with E-state index >= 15 is 0 Å². The third-order valence-electron chi connectivity index (χ3n) is 9.03. The van der Waals surface area contributed by atoms with Crippen LogP contribution in [0.3, 0.4) is 0 Å². The Bertz CT molecular complexity index is 1470. The van der Waals surface area contributed by atoms with Gasteiger partial charge < -0.3 is 14.9 Å². The first-order valence-electron chi connectivity index (χ1n) is 15.4. The highest BCUT2D eigenvalue weighted by Gasteiger charge is 2.37. The predicted octanol–water partition coefficient (Wildman–Crippen LogP) is 11.4. The van der Waals surface area contributed by atoms with Crippen molar-refractivity contribution in [2.75, 3.05) is 0 Å². The Morgan fingerprint density at radius 3 is 1.12 bits per heavy atom. The second-order valence-electron chi connectivity index (χ2n) is 13.7. The zero-order valence-corrected chi connectivity index (χ0v) is 26.9. The van der Waals surface area contributed by atoms with Crippen molar-refractivity contribution in [3.63, 3.8) is 0 Å². The van der Waals surface area contributed by atoms with E-state index < -0.39 is 0 Å². The number of fused-ring (bicyclic) bond motifs is 2. The van der Waals surface area contributed by atoms with E-state index in [0.29, 0.717) is 11.5 Å². The standard InChI is InChI=1S/C39H46O3/c1-21(2)29-17-25(18-30(22(3)4)35(29)40)27-13-11-15-33-37(27)42-38-28(14-12-16-34(38)39(33,9)10)26-19-31(23(5)6)36(41)32(20-26)24(7)8/h11-24,40-41H,1-10H3. The summed E-state index contributed by atoms with van der Waals surface area (Å²) in [7, 11) is 0. The fraction of sp³-hybridized carbons (Fsp3) is 0.385. The highest BCUT2D eigenvalue weighted by molar-refractivity contribution is 5.82. The van der Waals surface area contributed by atoms with Crippen LogP contribution >= 0.6 is 0 Å². The van der Waals surface area contributed by atoms with E-state index in [9.17, 15) is 10.2 Å². The zero-order chi connectivity index (χ0) is 30.7. The molecule has 1 heterocycles. The summed E-state index contributed by atoms with van der Waals surface area (Å²) in [6, 6.07) is 21.4. The molecule has 2 N–H and O–H groups in total. The lowest BCUT2D eigenvalue weighted by Crippen LogP contribution is -2.25. The number of ether oxygens (including phenoxy) is 1. The van der Waals surface area contributed by atoms with Gasteiger partial charge in [-0.05, 0) is 81.3 Å². The Morgan fingerprint density at radius 2 is 0.833 bits per heavy atom. The van der Waals surface area contributed by atoms with Gasteiger partial charge in [0.05, 0.1) is 0 Å². The van der Waals surface area contributed by atoms with Crippen LogP contribution in [0.25, 0.3) is 22.3 Å². The molecule has 0 bridgehead atoms. The average Bonchev–Trinajstić information content (AvgIpc) is 2.92. The molecule has 4 aromatic carbocycles. The van der Waals surface area contributed by atoms with Crippen LogP contribution in [0.15, 0.2) is 60.7 Å². The summed E-state index contributed by atoms with van der Waals surface area (Å²) in [6.07, 6.45) is 0. The largest absolute Gasteiger partial charge is 0.507 e. The first-order chi connectivity index (χ1) is 19.7. The summed E-state index contributed by atoms with van der Waals surface area (Å²) in [5.41, 5.74) is 9.98. The smallest absolute Gasteiger partial charge is 0.139 e. The van der Waals surface area contributed by atoms with Crippen LogP contribution in [0, 0.1) is 0 Å². The van der Waals surface area contributed by atoms with Crippen LogP contribution in [-0.4, -0.2) is 10.2 Å². The first-order valence-corrected chi connectivity index (χ1v) is 15.4. The molecule has 3 nitrogen and oxygen atoms in total. The number of benzene rings is 4. The van der Waals surface area contributed by atoms with Gasteiger partial charge in [0, 0.05) is 27.7 Å². The molecule has 0 aliphatic carbocycles. The summed E-state index contributed by atoms with van der Waals surface area (Å²) in [4.78, 5) is 0. The minimum Gasteiger partial charge on any atom is -0.507 e. The van der Waals surface area contributed by atoms with Gasteiger partial charge in [0.2, 0.25) is 0 Å².